The summed E-state index contributed by atoms with van der Waals surface area (Å²) in [6.45, 7) is 3.60. The summed E-state index contributed by atoms with van der Waals surface area (Å²) in [6.07, 6.45) is -0.763. The van der Waals surface area contributed by atoms with Crippen LogP contribution < -0.4 is 20.1 Å². The van der Waals surface area contributed by atoms with E-state index in [0.717, 1.165) is 6.07 Å². The van der Waals surface area contributed by atoms with Gasteiger partial charge in [-0.25, -0.2) is 8.78 Å². The summed E-state index contributed by atoms with van der Waals surface area (Å²) in [5.74, 6) is -1.34. The third kappa shape index (κ3) is 6.66. The monoisotopic (exact) mass is 480 g/mol. The van der Waals surface area contributed by atoms with Gasteiger partial charge in [-0.15, -0.1) is 0 Å². The summed E-state index contributed by atoms with van der Waals surface area (Å²) in [7, 11) is 1.49. The fraction of sp³-hybridized carbons (Fsp3) is 0.304. The van der Waals surface area contributed by atoms with Crippen molar-refractivity contribution >= 4 is 23.4 Å². The number of benzene rings is 2. The zero-order valence-electron chi connectivity index (χ0n) is 17.8. The van der Waals surface area contributed by atoms with Crippen LogP contribution in [0.15, 0.2) is 48.7 Å². The number of fused-ring (bicyclic) bond motifs is 1. The van der Waals surface area contributed by atoms with Gasteiger partial charge in [0.2, 0.25) is 0 Å². The van der Waals surface area contributed by atoms with Crippen molar-refractivity contribution in [3.05, 3.63) is 70.9 Å². The molecule has 33 heavy (non-hydrogen) atoms. The predicted molar refractivity (Wildman–Crippen MR) is 117 cm³/mol. The third-order valence-electron chi connectivity index (χ3n) is 4.90. The van der Waals surface area contributed by atoms with Gasteiger partial charge in [-0.3, -0.25) is 9.59 Å². The maximum absolute atomic E-state index is 13.5. The Bertz CT molecular complexity index is 1050. The largest absolute Gasteiger partial charge is 0.484 e. The van der Waals surface area contributed by atoms with Crippen molar-refractivity contribution in [2.45, 2.75) is 25.0 Å². The summed E-state index contributed by atoms with van der Waals surface area (Å²) in [4.78, 5) is 24.5. The van der Waals surface area contributed by atoms with Gasteiger partial charge >= 0.3 is 0 Å². The van der Waals surface area contributed by atoms with Gasteiger partial charge in [0.25, 0.3) is 11.8 Å². The molecule has 1 aliphatic heterocycles. The Hall–Kier alpha value is -3.17. The lowest BCUT2D eigenvalue weighted by molar-refractivity contribution is -0.130. The van der Waals surface area contributed by atoms with E-state index >= 15 is 0 Å². The zero-order valence-corrected chi connectivity index (χ0v) is 18.6. The van der Waals surface area contributed by atoms with Gasteiger partial charge in [0.05, 0.1) is 11.1 Å². The summed E-state index contributed by atoms with van der Waals surface area (Å²) in [6, 6.07) is 7.90. The van der Waals surface area contributed by atoms with Gasteiger partial charge in [-0.2, -0.15) is 0 Å². The van der Waals surface area contributed by atoms with Gasteiger partial charge in [-0.05, 0) is 30.3 Å². The third-order valence-corrected chi connectivity index (χ3v) is 5.20. The average Bonchev–Trinajstić information content (AvgIpc) is 2.79. The highest BCUT2D eigenvalue weighted by Crippen LogP contribution is 2.37. The number of nitrogens with one attached hydrogen (secondary N) is 2. The summed E-state index contributed by atoms with van der Waals surface area (Å²) in [5.41, 5.74) is 0.924. The standard InChI is InChI=1S/C23H23ClF2N2O5/c1-13(28-22(29)12-32-15-4-5-17(24)18(26)10-15)7-8-27-23(30)21-11-20(31-2)16-9-14(25)3-6-19(16)33-21/h3-6,9-10,20-21H,1,7-8,11-12H2,2H3,(H,27,30)(H,28,29). The molecule has 2 aromatic rings. The minimum absolute atomic E-state index is 0.0447. The van der Waals surface area contributed by atoms with Gasteiger partial charge in [0.15, 0.2) is 12.7 Å². The van der Waals surface area contributed by atoms with Crippen molar-refractivity contribution in [3.8, 4) is 11.5 Å². The average molecular weight is 481 g/mol. The summed E-state index contributed by atoms with van der Waals surface area (Å²) >= 11 is 5.60. The van der Waals surface area contributed by atoms with Crippen molar-refractivity contribution in [3.63, 3.8) is 0 Å². The fourth-order valence-electron chi connectivity index (χ4n) is 3.25. The molecule has 2 aromatic carbocycles. The van der Waals surface area contributed by atoms with Gasteiger partial charge in [-0.1, -0.05) is 18.2 Å². The number of rotatable bonds is 9. The highest BCUT2D eigenvalue weighted by molar-refractivity contribution is 6.30. The first-order chi connectivity index (χ1) is 15.8. The predicted octanol–water partition coefficient (Wildman–Crippen LogP) is 3.67. The lowest BCUT2D eigenvalue weighted by atomic mass is 9.98. The molecule has 176 valence electrons. The zero-order chi connectivity index (χ0) is 24.0. The SMILES string of the molecule is C=C(CCNC(=O)C1CC(OC)c2cc(F)ccc2O1)NC(=O)COc1ccc(Cl)c(F)c1. The Labute approximate surface area is 194 Å². The van der Waals surface area contributed by atoms with E-state index in [-0.39, 0.29) is 42.7 Å². The van der Waals surface area contributed by atoms with Crippen molar-refractivity contribution in [1.82, 2.24) is 10.6 Å². The molecule has 2 atom stereocenters. The Balaban J connectivity index is 1.41. The second-order valence-electron chi connectivity index (χ2n) is 7.31. The molecule has 0 spiro atoms. The van der Waals surface area contributed by atoms with E-state index in [9.17, 15) is 18.4 Å². The number of methoxy groups -OCH3 is 1. The van der Waals surface area contributed by atoms with Crippen LogP contribution in [0.4, 0.5) is 8.78 Å². The number of halogens is 3. The first-order valence-electron chi connectivity index (χ1n) is 10.1. The molecule has 2 N–H and O–H groups in total. The van der Waals surface area contributed by atoms with Gasteiger partial charge < -0.3 is 24.8 Å². The number of carbonyl (C=O) groups is 2. The Kier molecular flexibility index (Phi) is 8.24. The molecule has 1 aliphatic rings. The maximum Gasteiger partial charge on any atom is 0.262 e. The first-order valence-corrected chi connectivity index (χ1v) is 10.5. The number of hydrogen-bond acceptors (Lipinski definition) is 5. The van der Waals surface area contributed by atoms with Crippen LogP contribution in [0.3, 0.4) is 0 Å². The van der Waals surface area contributed by atoms with E-state index in [4.69, 9.17) is 25.8 Å². The van der Waals surface area contributed by atoms with Crippen molar-refractivity contribution in [2.75, 3.05) is 20.3 Å². The van der Waals surface area contributed by atoms with Crippen LogP contribution in [0.2, 0.25) is 5.02 Å². The van der Waals surface area contributed by atoms with Crippen molar-refractivity contribution in [1.29, 1.82) is 0 Å². The highest BCUT2D eigenvalue weighted by atomic mass is 35.5. The van der Waals surface area contributed by atoms with Crippen LogP contribution in [0.1, 0.15) is 24.5 Å². The van der Waals surface area contributed by atoms with Crippen LogP contribution in [0.25, 0.3) is 0 Å². The lowest BCUT2D eigenvalue weighted by Crippen LogP contribution is -2.42. The Morgan fingerprint density at radius 2 is 2.03 bits per heavy atom. The second-order valence-corrected chi connectivity index (χ2v) is 7.71. The molecule has 1 heterocycles. The molecule has 0 aliphatic carbocycles. The Morgan fingerprint density at radius 1 is 1.24 bits per heavy atom. The molecule has 0 radical (unpaired) electrons. The molecular formula is C23H23ClF2N2O5. The van der Waals surface area contributed by atoms with E-state index in [1.807, 2.05) is 0 Å². The summed E-state index contributed by atoms with van der Waals surface area (Å²) in [5, 5.41) is 5.22. The molecule has 10 heteroatoms. The number of amides is 2. The highest BCUT2D eigenvalue weighted by Gasteiger charge is 2.33. The topological polar surface area (TPSA) is 85.9 Å². The Morgan fingerprint density at radius 3 is 2.76 bits per heavy atom. The first kappa shape index (κ1) is 24.5. The van der Waals surface area contributed by atoms with E-state index < -0.39 is 29.7 Å². The number of ether oxygens (including phenoxy) is 3. The number of carbonyl (C=O) groups excluding carboxylic acids is 2. The van der Waals surface area contributed by atoms with Crippen LogP contribution >= 0.6 is 11.6 Å². The van der Waals surface area contributed by atoms with E-state index in [0.29, 0.717) is 17.0 Å². The second kappa shape index (κ2) is 11.1. The fourth-order valence-corrected chi connectivity index (χ4v) is 3.36. The minimum Gasteiger partial charge on any atom is -0.484 e. The van der Waals surface area contributed by atoms with Crippen LogP contribution in [0, 0.1) is 11.6 Å². The molecule has 2 unspecified atom stereocenters. The summed E-state index contributed by atoms with van der Waals surface area (Å²) < 4.78 is 43.2. The molecular weight excluding hydrogens is 458 g/mol. The smallest absolute Gasteiger partial charge is 0.262 e. The molecule has 0 bridgehead atoms. The molecule has 2 amide bonds. The molecule has 0 saturated carbocycles. The quantitative estimate of drug-likeness (QED) is 0.572. The minimum atomic E-state index is -0.802. The molecule has 0 saturated heterocycles. The van der Waals surface area contributed by atoms with Crippen LogP contribution in [-0.4, -0.2) is 38.2 Å². The van der Waals surface area contributed by atoms with Crippen LogP contribution in [-0.2, 0) is 14.3 Å². The van der Waals surface area contributed by atoms with E-state index in [2.05, 4.69) is 17.2 Å². The van der Waals surface area contributed by atoms with Crippen molar-refractivity contribution < 1.29 is 32.6 Å². The number of hydrogen-bond donors (Lipinski definition) is 2. The normalized spacial score (nSPS) is 16.8. The van der Waals surface area contributed by atoms with Crippen LogP contribution in [0.5, 0.6) is 11.5 Å². The molecule has 0 fully saturated rings. The van der Waals surface area contributed by atoms with Crippen molar-refractivity contribution in [2.24, 2.45) is 0 Å². The maximum atomic E-state index is 13.5. The lowest BCUT2D eigenvalue weighted by Gasteiger charge is -2.30. The van der Waals surface area contributed by atoms with E-state index in [1.165, 1.54) is 37.4 Å². The molecule has 0 aromatic heterocycles. The molecule has 7 nitrogen and oxygen atoms in total. The van der Waals surface area contributed by atoms with Gasteiger partial charge in [0, 0.05) is 43.8 Å². The van der Waals surface area contributed by atoms with E-state index in [1.54, 1.807) is 0 Å². The molecule has 3 rings (SSSR count). The van der Waals surface area contributed by atoms with Gasteiger partial charge in [0.1, 0.15) is 23.1 Å².